The normalized spacial score (nSPS) is 26.6. The molecule has 1 nitrogen and oxygen atoms in total. The van der Waals surface area contributed by atoms with Crippen molar-refractivity contribution >= 4 is 0 Å². The van der Waals surface area contributed by atoms with Crippen molar-refractivity contribution in [3.63, 3.8) is 0 Å². The lowest BCUT2D eigenvalue weighted by atomic mass is 9.92. The number of rotatable bonds is 2. The van der Waals surface area contributed by atoms with Gasteiger partial charge in [-0.25, -0.2) is 0 Å². The topological polar surface area (TPSA) is 3.24 Å². The lowest BCUT2D eigenvalue weighted by Crippen LogP contribution is -2.39. The zero-order valence-corrected chi connectivity index (χ0v) is 10.5. The maximum atomic E-state index is 2.46. The molecule has 0 N–H and O–H groups in total. The van der Waals surface area contributed by atoms with Gasteiger partial charge in [0.2, 0.25) is 0 Å². The summed E-state index contributed by atoms with van der Waals surface area (Å²) in [6, 6.07) is 11.3. The summed E-state index contributed by atoms with van der Waals surface area (Å²) in [5, 5.41) is 0. The van der Waals surface area contributed by atoms with Gasteiger partial charge in [0.15, 0.2) is 0 Å². The van der Waals surface area contributed by atoms with Crippen LogP contribution in [0.5, 0.6) is 0 Å². The standard InChI is InChI=1S/C15H21N/c1-12-9-15(16(3)11-13(12)2)10-14-7-5-4-6-8-14/h4-9,13,15H,10-11H2,1-3H3/t13-,15-/m0/s1. The molecule has 0 radical (unpaired) electrons. The van der Waals surface area contributed by atoms with Crippen LogP contribution in [0.3, 0.4) is 0 Å². The third kappa shape index (κ3) is 2.53. The Balaban J connectivity index is 2.10. The zero-order valence-electron chi connectivity index (χ0n) is 10.5. The van der Waals surface area contributed by atoms with Gasteiger partial charge in [-0.3, -0.25) is 4.90 Å². The van der Waals surface area contributed by atoms with Crippen LogP contribution in [-0.2, 0) is 6.42 Å². The third-order valence-electron chi connectivity index (χ3n) is 3.65. The lowest BCUT2D eigenvalue weighted by molar-refractivity contribution is 0.236. The molecule has 86 valence electrons. The molecule has 2 atom stereocenters. The van der Waals surface area contributed by atoms with Crippen LogP contribution in [0.15, 0.2) is 42.0 Å². The minimum absolute atomic E-state index is 0.568. The predicted octanol–water partition coefficient (Wildman–Crippen LogP) is 3.13. The Labute approximate surface area is 98.8 Å². The summed E-state index contributed by atoms with van der Waals surface area (Å²) in [6.07, 6.45) is 3.56. The second-order valence-electron chi connectivity index (χ2n) is 5.01. The second-order valence-corrected chi connectivity index (χ2v) is 5.01. The Morgan fingerprint density at radius 1 is 1.25 bits per heavy atom. The molecule has 0 fully saturated rings. The van der Waals surface area contributed by atoms with Crippen LogP contribution in [-0.4, -0.2) is 24.5 Å². The first-order valence-electron chi connectivity index (χ1n) is 6.09. The van der Waals surface area contributed by atoms with Gasteiger partial charge in [-0.15, -0.1) is 0 Å². The highest BCUT2D eigenvalue weighted by Gasteiger charge is 2.21. The summed E-state index contributed by atoms with van der Waals surface area (Å²) in [6.45, 7) is 5.75. The minimum atomic E-state index is 0.568. The van der Waals surface area contributed by atoms with E-state index in [1.807, 2.05) is 0 Å². The van der Waals surface area contributed by atoms with Crippen molar-refractivity contribution in [2.75, 3.05) is 13.6 Å². The van der Waals surface area contributed by atoms with Crippen LogP contribution in [0.4, 0.5) is 0 Å². The highest BCUT2D eigenvalue weighted by molar-refractivity contribution is 5.20. The molecule has 0 amide bonds. The molecule has 0 bridgehead atoms. The molecule has 1 aliphatic heterocycles. The van der Waals surface area contributed by atoms with Crippen LogP contribution >= 0.6 is 0 Å². The SMILES string of the molecule is CC1=C[C@@H](Cc2ccccc2)N(C)C[C@@H]1C. The number of nitrogens with zero attached hydrogens (tertiary/aromatic N) is 1. The van der Waals surface area contributed by atoms with Gasteiger partial charge in [0, 0.05) is 12.6 Å². The van der Waals surface area contributed by atoms with Crippen LogP contribution in [0, 0.1) is 5.92 Å². The van der Waals surface area contributed by atoms with Crippen molar-refractivity contribution in [1.29, 1.82) is 0 Å². The van der Waals surface area contributed by atoms with Crippen molar-refractivity contribution in [3.8, 4) is 0 Å². The fourth-order valence-corrected chi connectivity index (χ4v) is 2.38. The average molecular weight is 215 g/mol. The largest absolute Gasteiger partial charge is 0.299 e. The quantitative estimate of drug-likeness (QED) is 0.685. The van der Waals surface area contributed by atoms with Gasteiger partial charge in [-0.1, -0.05) is 48.9 Å². The fraction of sp³-hybridized carbons (Fsp3) is 0.467. The molecule has 1 aromatic carbocycles. The Bertz CT molecular complexity index is 366. The van der Waals surface area contributed by atoms with Gasteiger partial charge in [0.25, 0.3) is 0 Å². The Kier molecular flexibility index (Phi) is 3.45. The summed E-state index contributed by atoms with van der Waals surface area (Å²) in [5.41, 5.74) is 2.97. The Hall–Kier alpha value is -1.08. The van der Waals surface area contributed by atoms with Gasteiger partial charge >= 0.3 is 0 Å². The van der Waals surface area contributed by atoms with Gasteiger partial charge in [0.05, 0.1) is 0 Å². The lowest BCUT2D eigenvalue weighted by Gasteiger charge is -2.34. The molecule has 2 rings (SSSR count). The van der Waals surface area contributed by atoms with E-state index < -0.39 is 0 Å². The van der Waals surface area contributed by atoms with Crippen LogP contribution in [0.2, 0.25) is 0 Å². The number of hydrogen-bond donors (Lipinski definition) is 0. The Morgan fingerprint density at radius 2 is 1.94 bits per heavy atom. The summed E-state index contributed by atoms with van der Waals surface area (Å²) in [7, 11) is 2.23. The molecular weight excluding hydrogens is 194 g/mol. The van der Waals surface area contributed by atoms with Crippen LogP contribution in [0.1, 0.15) is 19.4 Å². The van der Waals surface area contributed by atoms with E-state index in [1.54, 1.807) is 5.57 Å². The minimum Gasteiger partial charge on any atom is -0.299 e. The van der Waals surface area contributed by atoms with E-state index in [-0.39, 0.29) is 0 Å². The average Bonchev–Trinajstić information content (AvgIpc) is 2.27. The molecule has 0 spiro atoms. The number of hydrogen-bond acceptors (Lipinski definition) is 1. The summed E-state index contributed by atoms with van der Waals surface area (Å²) in [5.74, 6) is 0.706. The smallest absolute Gasteiger partial charge is 0.0318 e. The van der Waals surface area contributed by atoms with Crippen molar-refractivity contribution in [1.82, 2.24) is 4.90 Å². The van der Waals surface area contributed by atoms with Crippen LogP contribution < -0.4 is 0 Å². The molecule has 16 heavy (non-hydrogen) atoms. The van der Waals surface area contributed by atoms with E-state index in [0.717, 1.165) is 6.42 Å². The van der Waals surface area contributed by atoms with Crippen molar-refractivity contribution in [2.24, 2.45) is 5.92 Å². The van der Waals surface area contributed by atoms with E-state index >= 15 is 0 Å². The number of benzene rings is 1. The summed E-state index contributed by atoms with van der Waals surface area (Å²) < 4.78 is 0. The van der Waals surface area contributed by atoms with E-state index in [0.29, 0.717) is 12.0 Å². The molecule has 1 aromatic rings. The highest BCUT2D eigenvalue weighted by atomic mass is 15.1. The van der Waals surface area contributed by atoms with E-state index in [2.05, 4.69) is 62.2 Å². The molecule has 0 aliphatic carbocycles. The van der Waals surface area contributed by atoms with Crippen molar-refractivity contribution in [2.45, 2.75) is 26.3 Å². The number of likely N-dealkylation sites (N-methyl/N-ethyl adjacent to an activating group) is 1. The maximum absolute atomic E-state index is 2.46. The predicted molar refractivity (Wildman–Crippen MR) is 69.5 cm³/mol. The van der Waals surface area contributed by atoms with Gasteiger partial charge in [0.1, 0.15) is 0 Å². The molecule has 0 unspecified atom stereocenters. The first kappa shape index (κ1) is 11.4. The third-order valence-corrected chi connectivity index (χ3v) is 3.65. The van der Waals surface area contributed by atoms with Gasteiger partial charge in [-0.05, 0) is 31.9 Å². The van der Waals surface area contributed by atoms with Crippen molar-refractivity contribution in [3.05, 3.63) is 47.5 Å². The zero-order chi connectivity index (χ0) is 11.5. The molecule has 0 saturated carbocycles. The van der Waals surface area contributed by atoms with E-state index in [4.69, 9.17) is 0 Å². The van der Waals surface area contributed by atoms with Crippen molar-refractivity contribution < 1.29 is 0 Å². The molecule has 0 aromatic heterocycles. The van der Waals surface area contributed by atoms with E-state index in [9.17, 15) is 0 Å². The van der Waals surface area contributed by atoms with E-state index in [1.165, 1.54) is 12.1 Å². The molecule has 1 heteroatoms. The summed E-state index contributed by atoms with van der Waals surface area (Å²) >= 11 is 0. The first-order valence-corrected chi connectivity index (χ1v) is 6.09. The molecular formula is C15H21N. The highest BCUT2D eigenvalue weighted by Crippen LogP contribution is 2.22. The van der Waals surface area contributed by atoms with Crippen LogP contribution in [0.25, 0.3) is 0 Å². The Morgan fingerprint density at radius 3 is 2.62 bits per heavy atom. The monoisotopic (exact) mass is 215 g/mol. The molecule has 1 heterocycles. The molecule has 0 saturated heterocycles. The summed E-state index contributed by atoms with van der Waals surface area (Å²) in [4.78, 5) is 2.46. The second kappa shape index (κ2) is 4.84. The van der Waals surface area contributed by atoms with Gasteiger partial charge < -0.3 is 0 Å². The first-order chi connectivity index (χ1) is 7.66. The fourth-order valence-electron chi connectivity index (χ4n) is 2.38. The van der Waals surface area contributed by atoms with Gasteiger partial charge in [-0.2, -0.15) is 0 Å². The molecule has 1 aliphatic rings. The maximum Gasteiger partial charge on any atom is 0.0318 e.